The minimum absolute atomic E-state index is 0.685. The van der Waals surface area contributed by atoms with Crippen molar-refractivity contribution < 1.29 is 4.42 Å². The van der Waals surface area contributed by atoms with Crippen LogP contribution >= 0.6 is 11.6 Å². The zero-order valence-corrected chi connectivity index (χ0v) is 9.05. The van der Waals surface area contributed by atoms with Gasteiger partial charge in [0.2, 0.25) is 0 Å². The van der Waals surface area contributed by atoms with Gasteiger partial charge in [-0.25, -0.2) is 0 Å². The fourth-order valence-electron chi connectivity index (χ4n) is 1.70. The van der Waals surface area contributed by atoms with Crippen LogP contribution in [0.5, 0.6) is 0 Å². The molecule has 0 amide bonds. The number of hydrogen-bond donors (Lipinski definition) is 1. The molecular formula is C12H12ClNO. The molecule has 0 atom stereocenters. The smallest absolute Gasteiger partial charge is 0.152 e. The van der Waals surface area contributed by atoms with E-state index in [0.29, 0.717) is 11.1 Å². The predicted molar refractivity (Wildman–Crippen MR) is 61.1 cm³/mol. The third-order valence-corrected chi connectivity index (χ3v) is 2.99. The first kappa shape index (κ1) is 9.25. The lowest BCUT2D eigenvalue weighted by molar-refractivity contribution is 0.512. The summed E-state index contributed by atoms with van der Waals surface area (Å²) in [6, 6.07) is 8.57. The zero-order chi connectivity index (χ0) is 10.3. The summed E-state index contributed by atoms with van der Waals surface area (Å²) in [7, 11) is 0. The Morgan fingerprint density at radius 3 is 3.00 bits per heavy atom. The van der Waals surface area contributed by atoms with Crippen LogP contribution in [0.3, 0.4) is 0 Å². The molecule has 1 aliphatic carbocycles. The van der Waals surface area contributed by atoms with Gasteiger partial charge in [0.1, 0.15) is 5.76 Å². The van der Waals surface area contributed by atoms with E-state index in [2.05, 4.69) is 11.4 Å². The second-order valence-corrected chi connectivity index (χ2v) is 4.43. The number of rotatable bonds is 3. The van der Waals surface area contributed by atoms with E-state index < -0.39 is 0 Å². The molecule has 0 saturated heterocycles. The third-order valence-electron chi connectivity index (χ3n) is 2.69. The summed E-state index contributed by atoms with van der Waals surface area (Å²) in [5.74, 6) is 0.963. The van der Waals surface area contributed by atoms with Gasteiger partial charge in [0.05, 0.1) is 11.6 Å². The van der Waals surface area contributed by atoms with E-state index in [1.54, 1.807) is 0 Å². The average Bonchev–Trinajstić information content (AvgIpc) is 2.95. The maximum absolute atomic E-state index is 6.03. The molecule has 78 valence electrons. The number of para-hydroxylation sites is 1. The molecule has 0 radical (unpaired) electrons. The Kier molecular flexibility index (Phi) is 2.19. The minimum atomic E-state index is 0.685. The van der Waals surface area contributed by atoms with Crippen LogP contribution in [0.2, 0.25) is 5.02 Å². The van der Waals surface area contributed by atoms with Crippen LogP contribution in [0.1, 0.15) is 18.6 Å². The molecule has 1 fully saturated rings. The number of furan rings is 1. The number of halogens is 1. The summed E-state index contributed by atoms with van der Waals surface area (Å²) in [6.45, 7) is 0.801. The first-order valence-corrected chi connectivity index (χ1v) is 5.61. The zero-order valence-electron chi connectivity index (χ0n) is 8.29. The fraction of sp³-hybridized carbons (Fsp3) is 0.333. The minimum Gasteiger partial charge on any atom is -0.458 e. The highest BCUT2D eigenvalue weighted by molar-refractivity contribution is 6.34. The molecule has 2 aromatic rings. The van der Waals surface area contributed by atoms with Gasteiger partial charge < -0.3 is 9.73 Å². The Morgan fingerprint density at radius 1 is 1.40 bits per heavy atom. The van der Waals surface area contributed by atoms with Crippen molar-refractivity contribution in [3.63, 3.8) is 0 Å². The van der Waals surface area contributed by atoms with E-state index >= 15 is 0 Å². The number of fused-ring (bicyclic) bond motifs is 1. The number of benzene rings is 1. The number of nitrogens with one attached hydrogen (secondary N) is 1. The summed E-state index contributed by atoms with van der Waals surface area (Å²) in [5.41, 5.74) is 0.798. The molecule has 3 heteroatoms. The molecule has 15 heavy (non-hydrogen) atoms. The Labute approximate surface area is 93.2 Å². The molecule has 1 aromatic carbocycles. The molecule has 0 unspecified atom stereocenters. The highest BCUT2D eigenvalue weighted by Gasteiger charge is 2.20. The molecule has 1 aliphatic rings. The molecule has 3 rings (SSSR count). The summed E-state index contributed by atoms with van der Waals surface area (Å²) in [6.07, 6.45) is 2.59. The summed E-state index contributed by atoms with van der Waals surface area (Å²) in [5, 5.41) is 5.18. The SMILES string of the molecule is Clc1cccc2cc(CNC3CC3)oc12. The van der Waals surface area contributed by atoms with E-state index in [0.717, 1.165) is 23.3 Å². The van der Waals surface area contributed by atoms with Crippen LogP contribution in [0.25, 0.3) is 11.0 Å². The van der Waals surface area contributed by atoms with Crippen LogP contribution < -0.4 is 5.32 Å². The summed E-state index contributed by atoms with van der Waals surface area (Å²) >= 11 is 6.03. The molecule has 1 aromatic heterocycles. The van der Waals surface area contributed by atoms with Gasteiger partial charge in [-0.1, -0.05) is 23.7 Å². The van der Waals surface area contributed by atoms with Crippen LogP contribution in [0.4, 0.5) is 0 Å². The summed E-state index contributed by atoms with van der Waals surface area (Å²) < 4.78 is 5.68. The van der Waals surface area contributed by atoms with Gasteiger partial charge in [0.25, 0.3) is 0 Å². The average molecular weight is 222 g/mol. The maximum Gasteiger partial charge on any atom is 0.152 e. The molecule has 2 nitrogen and oxygen atoms in total. The molecule has 1 saturated carbocycles. The summed E-state index contributed by atoms with van der Waals surface area (Å²) in [4.78, 5) is 0. The van der Waals surface area contributed by atoms with Gasteiger partial charge in [0, 0.05) is 11.4 Å². The molecule has 1 heterocycles. The van der Waals surface area contributed by atoms with Gasteiger partial charge in [-0.15, -0.1) is 0 Å². The lowest BCUT2D eigenvalue weighted by atomic mass is 10.2. The highest BCUT2D eigenvalue weighted by atomic mass is 35.5. The molecule has 0 aliphatic heterocycles. The molecule has 0 spiro atoms. The monoisotopic (exact) mass is 221 g/mol. The van der Waals surface area contributed by atoms with E-state index in [4.69, 9.17) is 16.0 Å². The van der Waals surface area contributed by atoms with Gasteiger partial charge in [-0.2, -0.15) is 0 Å². The van der Waals surface area contributed by atoms with E-state index in [9.17, 15) is 0 Å². The third kappa shape index (κ3) is 1.87. The van der Waals surface area contributed by atoms with Crippen molar-refractivity contribution in [3.8, 4) is 0 Å². The fourth-order valence-corrected chi connectivity index (χ4v) is 1.92. The van der Waals surface area contributed by atoms with Crippen molar-refractivity contribution in [3.05, 3.63) is 35.0 Å². The second-order valence-electron chi connectivity index (χ2n) is 4.03. The van der Waals surface area contributed by atoms with Crippen molar-refractivity contribution in [2.75, 3.05) is 0 Å². The van der Waals surface area contributed by atoms with Crippen molar-refractivity contribution >= 4 is 22.6 Å². The lowest BCUT2D eigenvalue weighted by Gasteiger charge is -1.97. The molecular weight excluding hydrogens is 210 g/mol. The van der Waals surface area contributed by atoms with Crippen molar-refractivity contribution in [2.45, 2.75) is 25.4 Å². The predicted octanol–water partition coefficient (Wildman–Crippen LogP) is 3.34. The Morgan fingerprint density at radius 2 is 2.27 bits per heavy atom. The topological polar surface area (TPSA) is 25.2 Å². The second kappa shape index (κ2) is 3.54. The quantitative estimate of drug-likeness (QED) is 0.860. The molecule has 0 bridgehead atoms. The van der Waals surface area contributed by atoms with Crippen molar-refractivity contribution in [2.24, 2.45) is 0 Å². The lowest BCUT2D eigenvalue weighted by Crippen LogP contribution is -2.14. The Hall–Kier alpha value is -0.990. The Bertz CT molecular complexity index is 487. The van der Waals surface area contributed by atoms with E-state index in [1.165, 1.54) is 12.8 Å². The van der Waals surface area contributed by atoms with E-state index in [-0.39, 0.29) is 0 Å². The first-order chi connectivity index (χ1) is 7.33. The van der Waals surface area contributed by atoms with Gasteiger partial charge in [-0.05, 0) is 25.0 Å². The highest BCUT2D eigenvalue weighted by Crippen LogP contribution is 2.27. The Balaban J connectivity index is 1.88. The van der Waals surface area contributed by atoms with Crippen LogP contribution in [-0.2, 0) is 6.54 Å². The first-order valence-electron chi connectivity index (χ1n) is 5.23. The maximum atomic E-state index is 6.03. The normalized spacial score (nSPS) is 16.1. The van der Waals surface area contributed by atoms with Gasteiger partial charge >= 0.3 is 0 Å². The van der Waals surface area contributed by atoms with Crippen LogP contribution in [-0.4, -0.2) is 6.04 Å². The van der Waals surface area contributed by atoms with E-state index in [1.807, 2.05) is 18.2 Å². The van der Waals surface area contributed by atoms with Gasteiger partial charge in [0.15, 0.2) is 5.58 Å². The number of hydrogen-bond acceptors (Lipinski definition) is 2. The van der Waals surface area contributed by atoms with Gasteiger partial charge in [-0.3, -0.25) is 0 Å². The standard InChI is InChI=1S/C12H12ClNO/c13-11-3-1-2-8-6-10(15-12(8)11)7-14-9-4-5-9/h1-3,6,9,14H,4-5,7H2. The van der Waals surface area contributed by atoms with Crippen LogP contribution in [0, 0.1) is 0 Å². The van der Waals surface area contributed by atoms with Crippen molar-refractivity contribution in [1.82, 2.24) is 5.32 Å². The van der Waals surface area contributed by atoms with Crippen molar-refractivity contribution in [1.29, 1.82) is 0 Å². The van der Waals surface area contributed by atoms with Crippen LogP contribution in [0.15, 0.2) is 28.7 Å². The largest absolute Gasteiger partial charge is 0.458 e. The molecule has 1 N–H and O–H groups in total.